The second kappa shape index (κ2) is 7.93. The highest BCUT2D eigenvalue weighted by atomic mass is 16.5. The fourth-order valence-electron chi connectivity index (χ4n) is 2.78. The predicted octanol–water partition coefficient (Wildman–Crippen LogP) is 4.07. The maximum Gasteiger partial charge on any atom is 0.305 e. The van der Waals surface area contributed by atoms with Crippen LogP contribution in [0, 0.1) is 0 Å². The van der Waals surface area contributed by atoms with Gasteiger partial charge in [-0.2, -0.15) is 0 Å². The highest BCUT2D eigenvalue weighted by Gasteiger charge is 2.15. The Labute approximate surface area is 121 Å². The van der Waals surface area contributed by atoms with E-state index < -0.39 is 0 Å². The van der Waals surface area contributed by atoms with E-state index in [9.17, 15) is 4.79 Å². The number of benzene rings is 1. The Morgan fingerprint density at radius 2 is 1.85 bits per heavy atom. The Bertz CT molecular complexity index is 405. The molecule has 0 N–H and O–H groups in total. The van der Waals surface area contributed by atoms with E-state index in [1.807, 2.05) is 12.1 Å². The van der Waals surface area contributed by atoms with Gasteiger partial charge in [0.2, 0.25) is 0 Å². The summed E-state index contributed by atoms with van der Waals surface area (Å²) in [5.41, 5.74) is 1.44. The van der Waals surface area contributed by atoms with E-state index in [1.165, 1.54) is 44.8 Å². The van der Waals surface area contributed by atoms with Crippen LogP contribution >= 0.6 is 0 Å². The van der Waals surface area contributed by atoms with Gasteiger partial charge in [0, 0.05) is 6.42 Å². The van der Waals surface area contributed by atoms with Crippen LogP contribution in [0.5, 0.6) is 5.75 Å². The van der Waals surface area contributed by atoms with Gasteiger partial charge in [-0.15, -0.1) is 0 Å². The molecule has 0 aliphatic heterocycles. The molecule has 1 aromatic rings. The summed E-state index contributed by atoms with van der Waals surface area (Å²) in [5, 5.41) is 0. The second-order valence-electron chi connectivity index (χ2n) is 5.43. The molecule has 1 fully saturated rings. The molecule has 0 saturated heterocycles. The van der Waals surface area contributed by atoms with Crippen molar-refractivity contribution >= 4 is 5.97 Å². The standard InChI is InChI=1S/C17H24O3/c1-19-17(18)8-5-13-20-16-11-9-15(10-12-16)14-6-3-2-4-7-14/h9-12,14H,2-8,13H2,1H3. The average Bonchev–Trinajstić information content (AvgIpc) is 2.52. The van der Waals surface area contributed by atoms with Crippen LogP contribution in [-0.2, 0) is 9.53 Å². The molecular weight excluding hydrogens is 252 g/mol. The summed E-state index contributed by atoms with van der Waals surface area (Å²) in [7, 11) is 1.41. The zero-order chi connectivity index (χ0) is 14.2. The smallest absolute Gasteiger partial charge is 0.305 e. The topological polar surface area (TPSA) is 35.5 Å². The lowest BCUT2D eigenvalue weighted by Gasteiger charge is -2.22. The number of esters is 1. The Hall–Kier alpha value is -1.51. The minimum atomic E-state index is -0.179. The maximum atomic E-state index is 11.0. The molecule has 0 atom stereocenters. The molecule has 3 nitrogen and oxygen atoms in total. The minimum absolute atomic E-state index is 0.179. The van der Waals surface area contributed by atoms with Gasteiger partial charge in [-0.25, -0.2) is 0 Å². The van der Waals surface area contributed by atoms with Gasteiger partial charge in [0.15, 0.2) is 0 Å². The summed E-state index contributed by atoms with van der Waals surface area (Å²) >= 11 is 0. The molecule has 0 heterocycles. The fourth-order valence-corrected chi connectivity index (χ4v) is 2.78. The highest BCUT2D eigenvalue weighted by Crippen LogP contribution is 2.33. The van der Waals surface area contributed by atoms with Gasteiger partial charge in [-0.3, -0.25) is 4.79 Å². The number of carbonyl (C=O) groups is 1. The third-order valence-corrected chi connectivity index (χ3v) is 3.98. The van der Waals surface area contributed by atoms with Gasteiger partial charge >= 0.3 is 5.97 Å². The van der Waals surface area contributed by atoms with E-state index in [2.05, 4.69) is 16.9 Å². The quantitative estimate of drug-likeness (QED) is 0.580. The van der Waals surface area contributed by atoms with Gasteiger partial charge in [-0.05, 0) is 42.9 Å². The number of ether oxygens (including phenoxy) is 2. The van der Waals surface area contributed by atoms with E-state index in [4.69, 9.17) is 4.74 Å². The highest BCUT2D eigenvalue weighted by molar-refractivity contribution is 5.69. The zero-order valence-electron chi connectivity index (χ0n) is 12.3. The number of rotatable bonds is 6. The van der Waals surface area contributed by atoms with Crippen molar-refractivity contribution in [3.05, 3.63) is 29.8 Å². The summed E-state index contributed by atoms with van der Waals surface area (Å²) in [6.45, 7) is 0.553. The molecule has 0 bridgehead atoms. The molecule has 1 saturated carbocycles. The molecule has 3 heteroatoms. The first-order valence-electron chi connectivity index (χ1n) is 7.59. The molecule has 2 rings (SSSR count). The second-order valence-corrected chi connectivity index (χ2v) is 5.43. The third kappa shape index (κ3) is 4.55. The van der Waals surface area contributed by atoms with Gasteiger partial charge in [0.1, 0.15) is 5.75 Å². The summed E-state index contributed by atoms with van der Waals surface area (Å²) in [6, 6.07) is 8.46. The van der Waals surface area contributed by atoms with Crippen LogP contribution in [0.3, 0.4) is 0 Å². The third-order valence-electron chi connectivity index (χ3n) is 3.98. The Kier molecular flexibility index (Phi) is 5.90. The Morgan fingerprint density at radius 1 is 1.15 bits per heavy atom. The molecule has 20 heavy (non-hydrogen) atoms. The van der Waals surface area contributed by atoms with Crippen molar-refractivity contribution in [2.45, 2.75) is 50.9 Å². The first kappa shape index (κ1) is 14.9. The van der Waals surface area contributed by atoms with Gasteiger partial charge in [-0.1, -0.05) is 31.4 Å². The lowest BCUT2D eigenvalue weighted by atomic mass is 9.84. The van der Waals surface area contributed by atoms with Crippen molar-refractivity contribution in [2.75, 3.05) is 13.7 Å². The fraction of sp³-hybridized carbons (Fsp3) is 0.588. The summed E-state index contributed by atoms with van der Waals surface area (Å²) < 4.78 is 10.2. The first-order valence-corrected chi connectivity index (χ1v) is 7.59. The largest absolute Gasteiger partial charge is 0.494 e. The van der Waals surface area contributed by atoms with Crippen molar-refractivity contribution in [1.29, 1.82) is 0 Å². The summed E-state index contributed by atoms with van der Waals surface area (Å²) in [4.78, 5) is 11.0. The van der Waals surface area contributed by atoms with Crippen molar-refractivity contribution in [2.24, 2.45) is 0 Å². The van der Waals surface area contributed by atoms with Crippen molar-refractivity contribution in [3.8, 4) is 5.75 Å². The molecule has 0 amide bonds. The van der Waals surface area contributed by atoms with E-state index in [-0.39, 0.29) is 5.97 Å². The van der Waals surface area contributed by atoms with Crippen LogP contribution in [0.4, 0.5) is 0 Å². The van der Waals surface area contributed by atoms with E-state index in [1.54, 1.807) is 0 Å². The normalized spacial score (nSPS) is 15.8. The molecule has 1 aliphatic carbocycles. The van der Waals surface area contributed by atoms with E-state index in [0.717, 1.165) is 11.7 Å². The van der Waals surface area contributed by atoms with Crippen LogP contribution < -0.4 is 4.74 Å². The van der Waals surface area contributed by atoms with Crippen LogP contribution in [0.1, 0.15) is 56.4 Å². The predicted molar refractivity (Wildman–Crippen MR) is 79.0 cm³/mol. The average molecular weight is 276 g/mol. The number of methoxy groups -OCH3 is 1. The number of hydrogen-bond acceptors (Lipinski definition) is 3. The van der Waals surface area contributed by atoms with E-state index >= 15 is 0 Å². The van der Waals surface area contributed by atoms with Crippen molar-refractivity contribution < 1.29 is 14.3 Å². The van der Waals surface area contributed by atoms with Crippen LogP contribution in [0.15, 0.2) is 24.3 Å². The molecule has 0 spiro atoms. The molecule has 0 aromatic heterocycles. The molecular formula is C17H24O3. The number of hydrogen-bond donors (Lipinski definition) is 0. The zero-order valence-corrected chi connectivity index (χ0v) is 12.3. The van der Waals surface area contributed by atoms with Crippen molar-refractivity contribution in [3.63, 3.8) is 0 Å². The van der Waals surface area contributed by atoms with Crippen LogP contribution in [0.25, 0.3) is 0 Å². The molecule has 1 aliphatic rings. The SMILES string of the molecule is COC(=O)CCCOc1ccc(C2CCCCC2)cc1. The lowest BCUT2D eigenvalue weighted by molar-refractivity contribution is -0.140. The Balaban J connectivity index is 1.75. The van der Waals surface area contributed by atoms with Crippen LogP contribution in [0.2, 0.25) is 0 Å². The van der Waals surface area contributed by atoms with Gasteiger partial charge < -0.3 is 9.47 Å². The molecule has 0 radical (unpaired) electrons. The minimum Gasteiger partial charge on any atom is -0.494 e. The summed E-state index contributed by atoms with van der Waals surface area (Å²) in [5.74, 6) is 1.44. The van der Waals surface area contributed by atoms with Gasteiger partial charge in [0.05, 0.1) is 13.7 Å². The summed E-state index contributed by atoms with van der Waals surface area (Å²) in [6.07, 6.45) is 7.84. The first-order chi connectivity index (χ1) is 9.79. The Morgan fingerprint density at radius 3 is 2.50 bits per heavy atom. The molecule has 1 aromatic carbocycles. The monoisotopic (exact) mass is 276 g/mol. The maximum absolute atomic E-state index is 11.0. The molecule has 110 valence electrons. The van der Waals surface area contributed by atoms with E-state index in [0.29, 0.717) is 19.4 Å². The molecule has 0 unspecified atom stereocenters. The number of carbonyl (C=O) groups excluding carboxylic acids is 1. The van der Waals surface area contributed by atoms with Crippen molar-refractivity contribution in [1.82, 2.24) is 0 Å². The van der Waals surface area contributed by atoms with Gasteiger partial charge in [0.25, 0.3) is 0 Å². The van der Waals surface area contributed by atoms with Crippen LogP contribution in [-0.4, -0.2) is 19.7 Å². The lowest BCUT2D eigenvalue weighted by Crippen LogP contribution is -2.05.